The highest BCUT2D eigenvalue weighted by Crippen LogP contribution is 2.51. The first-order chi connectivity index (χ1) is 29.9. The first-order valence-corrected chi connectivity index (χ1v) is 20.4. The second-order valence-corrected chi connectivity index (χ2v) is 15.5. The molecular weight excluding hydrogens is 756 g/mol. The fourth-order valence-electron chi connectivity index (χ4n) is 9.32. The molecule has 11 aromatic carbocycles. The molecule has 290 valence electrons. The van der Waals surface area contributed by atoms with Gasteiger partial charge >= 0.3 is 6.18 Å². The zero-order chi connectivity index (χ0) is 41.1. The Morgan fingerprint density at radius 3 is 1.46 bits per heavy atom. The molecule has 0 radical (unpaired) electrons. The molecule has 0 fully saturated rings. The summed E-state index contributed by atoms with van der Waals surface area (Å²) < 4.78 is 42.0. The molecule has 0 amide bonds. The third-order valence-electron chi connectivity index (χ3n) is 12.0. The Hall–Kier alpha value is -7.69. The number of hydrogen-bond acceptors (Lipinski definition) is 1. The summed E-state index contributed by atoms with van der Waals surface area (Å²) in [5, 5.41) is 10.9. The number of fused-ring (bicyclic) bond motifs is 9. The van der Waals surface area contributed by atoms with Gasteiger partial charge in [0.25, 0.3) is 0 Å². The van der Waals surface area contributed by atoms with Crippen LogP contribution in [-0.4, -0.2) is 0 Å². The average molecular weight is 792 g/mol. The molecule has 0 saturated carbocycles. The lowest BCUT2D eigenvalue weighted by Crippen LogP contribution is -2.12. The molecule has 0 unspecified atom stereocenters. The molecule has 0 spiro atoms. The van der Waals surface area contributed by atoms with E-state index in [0.717, 1.165) is 93.2 Å². The summed E-state index contributed by atoms with van der Waals surface area (Å²) >= 11 is 0. The zero-order valence-electron chi connectivity index (χ0n) is 32.9. The number of halogens is 3. The number of alkyl halides is 3. The lowest BCUT2D eigenvalue weighted by molar-refractivity contribution is -0.137. The summed E-state index contributed by atoms with van der Waals surface area (Å²) in [7, 11) is 0. The van der Waals surface area contributed by atoms with Crippen molar-refractivity contribution in [3.63, 3.8) is 0 Å². The minimum Gasteiger partial charge on any atom is -0.310 e. The summed E-state index contributed by atoms with van der Waals surface area (Å²) in [4.78, 5) is 2.11. The van der Waals surface area contributed by atoms with Gasteiger partial charge in [-0.2, -0.15) is 13.2 Å². The largest absolute Gasteiger partial charge is 0.416 e. The third-order valence-corrected chi connectivity index (χ3v) is 12.0. The molecule has 0 N–H and O–H groups in total. The Balaban J connectivity index is 1.28. The average Bonchev–Trinajstić information content (AvgIpc) is 3.32. The van der Waals surface area contributed by atoms with Crippen molar-refractivity contribution in [3.8, 4) is 33.4 Å². The number of anilines is 3. The molecule has 0 heterocycles. The van der Waals surface area contributed by atoms with Crippen LogP contribution < -0.4 is 4.90 Å². The quantitative estimate of drug-likeness (QED) is 0.152. The number of rotatable bonds is 6. The summed E-state index contributed by atoms with van der Waals surface area (Å²) in [5.74, 6) is 0. The Bertz CT molecular complexity index is 3430. The van der Waals surface area contributed by atoms with Crippen molar-refractivity contribution in [2.24, 2.45) is 0 Å². The van der Waals surface area contributed by atoms with Gasteiger partial charge in [0.2, 0.25) is 0 Å². The fraction of sp³-hybridized carbons (Fsp3) is 0.0175. The van der Waals surface area contributed by atoms with E-state index in [0.29, 0.717) is 5.69 Å². The van der Waals surface area contributed by atoms with Gasteiger partial charge in [-0.05, 0) is 130 Å². The van der Waals surface area contributed by atoms with Gasteiger partial charge in [0.15, 0.2) is 0 Å². The van der Waals surface area contributed by atoms with E-state index in [1.165, 1.54) is 17.5 Å². The first kappa shape index (κ1) is 36.4. The van der Waals surface area contributed by atoms with E-state index in [2.05, 4.69) is 175 Å². The van der Waals surface area contributed by atoms with E-state index < -0.39 is 11.7 Å². The molecule has 1 nitrogen and oxygen atoms in total. The maximum absolute atomic E-state index is 14.0. The van der Waals surface area contributed by atoms with E-state index >= 15 is 0 Å². The lowest BCUT2D eigenvalue weighted by atomic mass is 9.81. The molecule has 0 aliphatic heterocycles. The van der Waals surface area contributed by atoms with Crippen molar-refractivity contribution in [3.05, 3.63) is 224 Å². The summed E-state index contributed by atoms with van der Waals surface area (Å²) in [6, 6.07) is 73.6. The smallest absolute Gasteiger partial charge is 0.310 e. The molecule has 61 heavy (non-hydrogen) atoms. The molecule has 11 rings (SSSR count). The van der Waals surface area contributed by atoms with Crippen LogP contribution in [0.5, 0.6) is 0 Å². The highest BCUT2D eigenvalue weighted by atomic mass is 19.4. The van der Waals surface area contributed by atoms with Crippen molar-refractivity contribution >= 4 is 70.9 Å². The highest BCUT2D eigenvalue weighted by molar-refractivity contribution is 6.33. The molecule has 0 aliphatic rings. The van der Waals surface area contributed by atoms with Crippen LogP contribution in [0, 0.1) is 0 Å². The van der Waals surface area contributed by atoms with Crippen LogP contribution in [0.25, 0.3) is 87.2 Å². The fourth-order valence-corrected chi connectivity index (χ4v) is 9.32. The topological polar surface area (TPSA) is 3.24 Å². The Labute approximate surface area is 351 Å². The molecule has 0 saturated heterocycles. The minimum atomic E-state index is -4.46. The van der Waals surface area contributed by atoms with E-state index in [1.807, 2.05) is 24.3 Å². The third kappa shape index (κ3) is 6.19. The van der Waals surface area contributed by atoms with Crippen molar-refractivity contribution in [2.45, 2.75) is 6.18 Å². The number of benzene rings is 11. The Kier molecular flexibility index (Phi) is 8.68. The van der Waals surface area contributed by atoms with Crippen LogP contribution in [0.2, 0.25) is 0 Å². The van der Waals surface area contributed by atoms with Gasteiger partial charge in [0.05, 0.1) is 11.3 Å². The predicted molar refractivity (Wildman–Crippen MR) is 250 cm³/mol. The maximum Gasteiger partial charge on any atom is 0.416 e. The van der Waals surface area contributed by atoms with Crippen LogP contribution in [-0.2, 0) is 6.18 Å². The van der Waals surface area contributed by atoms with Gasteiger partial charge in [-0.3, -0.25) is 0 Å². The standard InChI is InChI=1S/C57H36F3N/c58-57(59,60)41-28-30-42(31-29-41)61(53-34-40-22-10-11-23-44(40)45-24-12-14-26-47(45)53)43-32-33-49-52(35-43)46-25-13-15-27-48(46)55-51(38-18-6-2-7-19-38)36-50(37-16-4-1-5-17-37)54(56(49)55)39-20-8-3-9-21-39/h1-36H. The van der Waals surface area contributed by atoms with Crippen LogP contribution in [0.3, 0.4) is 0 Å². The Morgan fingerprint density at radius 1 is 0.328 bits per heavy atom. The van der Waals surface area contributed by atoms with E-state index in [-0.39, 0.29) is 0 Å². The molecule has 4 heteroatoms. The normalized spacial score (nSPS) is 11.9. The Morgan fingerprint density at radius 2 is 0.820 bits per heavy atom. The minimum absolute atomic E-state index is 0.626. The lowest BCUT2D eigenvalue weighted by Gasteiger charge is -2.29. The molecule has 0 aromatic heterocycles. The molecular formula is C57H36F3N. The number of hydrogen-bond donors (Lipinski definition) is 0. The molecule has 0 bridgehead atoms. The highest BCUT2D eigenvalue weighted by Gasteiger charge is 2.31. The van der Waals surface area contributed by atoms with Crippen LogP contribution in [0.15, 0.2) is 218 Å². The maximum atomic E-state index is 14.0. The number of nitrogens with zero attached hydrogens (tertiary/aromatic N) is 1. The van der Waals surface area contributed by atoms with Gasteiger partial charge in [-0.1, -0.05) is 170 Å². The summed E-state index contributed by atoms with van der Waals surface area (Å²) in [6.45, 7) is 0. The van der Waals surface area contributed by atoms with Crippen molar-refractivity contribution in [2.75, 3.05) is 4.90 Å². The summed E-state index contributed by atoms with van der Waals surface area (Å²) in [5.41, 5.74) is 8.43. The van der Waals surface area contributed by atoms with E-state index in [4.69, 9.17) is 0 Å². The van der Waals surface area contributed by atoms with Crippen molar-refractivity contribution < 1.29 is 13.2 Å². The second-order valence-electron chi connectivity index (χ2n) is 15.5. The van der Waals surface area contributed by atoms with Crippen molar-refractivity contribution in [1.82, 2.24) is 0 Å². The monoisotopic (exact) mass is 791 g/mol. The van der Waals surface area contributed by atoms with E-state index in [9.17, 15) is 13.2 Å². The second kappa shape index (κ2) is 14.5. The van der Waals surface area contributed by atoms with Gasteiger partial charge < -0.3 is 4.90 Å². The van der Waals surface area contributed by atoms with Crippen LogP contribution in [0.1, 0.15) is 5.56 Å². The van der Waals surface area contributed by atoms with Gasteiger partial charge in [-0.25, -0.2) is 0 Å². The van der Waals surface area contributed by atoms with Crippen molar-refractivity contribution in [1.29, 1.82) is 0 Å². The van der Waals surface area contributed by atoms with Crippen LogP contribution >= 0.6 is 0 Å². The van der Waals surface area contributed by atoms with Gasteiger partial charge in [0, 0.05) is 16.8 Å². The SMILES string of the molecule is FC(F)(F)c1ccc(N(c2ccc3c(c2)c2ccccc2c2c(-c4ccccc4)cc(-c4ccccc4)c(-c4ccccc4)c32)c2cc3ccccc3c3ccccc23)cc1. The summed E-state index contributed by atoms with van der Waals surface area (Å²) in [6.07, 6.45) is -4.46. The van der Waals surface area contributed by atoms with Gasteiger partial charge in [-0.15, -0.1) is 0 Å². The zero-order valence-corrected chi connectivity index (χ0v) is 32.9. The molecule has 0 atom stereocenters. The molecule has 0 aliphatic carbocycles. The predicted octanol–water partition coefficient (Wildman–Crippen LogP) is 16.9. The van der Waals surface area contributed by atoms with E-state index in [1.54, 1.807) is 12.1 Å². The van der Waals surface area contributed by atoms with Gasteiger partial charge in [0.1, 0.15) is 0 Å². The molecule has 11 aromatic rings. The van der Waals surface area contributed by atoms with Crippen LogP contribution in [0.4, 0.5) is 30.2 Å². The first-order valence-electron chi connectivity index (χ1n) is 20.4.